The number of hydrogen-bond donors (Lipinski definition) is 0. The first-order valence-corrected chi connectivity index (χ1v) is 9.75. The molecule has 2 amide bonds. The van der Waals surface area contributed by atoms with Crippen LogP contribution in [0, 0.1) is 0 Å². The quantitative estimate of drug-likeness (QED) is 0.615. The molecule has 0 radical (unpaired) electrons. The highest BCUT2D eigenvalue weighted by molar-refractivity contribution is 8.21. The molecule has 3 rings (SSSR count). The highest BCUT2D eigenvalue weighted by Crippen LogP contribution is 2.37. The maximum Gasteiger partial charge on any atom is 0.284 e. The lowest BCUT2D eigenvalue weighted by atomic mass is 10.2. The van der Waals surface area contributed by atoms with E-state index in [0.717, 1.165) is 4.24 Å². The normalized spacial score (nSPS) is 14.5. The lowest BCUT2D eigenvalue weighted by molar-refractivity contribution is -0.116. The standard InChI is InChI=1S/C18H16N2O2S2/c1-23-18(24-2)15-16(21)19(13-9-5-3-6-10-13)20(17(15)22)14-11-7-4-8-12-14/h3-12H,1-2H3. The third kappa shape index (κ3) is 2.83. The lowest BCUT2D eigenvalue weighted by Crippen LogP contribution is -2.41. The molecule has 0 bridgehead atoms. The van der Waals surface area contributed by atoms with E-state index >= 15 is 0 Å². The smallest absolute Gasteiger partial charge is 0.266 e. The van der Waals surface area contributed by atoms with Crippen LogP contribution in [-0.4, -0.2) is 24.3 Å². The minimum atomic E-state index is -0.297. The summed E-state index contributed by atoms with van der Waals surface area (Å²) in [5, 5.41) is 2.89. The van der Waals surface area contributed by atoms with Crippen LogP contribution < -0.4 is 10.0 Å². The Morgan fingerprint density at radius 3 is 1.42 bits per heavy atom. The highest BCUT2D eigenvalue weighted by Gasteiger charge is 2.44. The second-order valence-corrected chi connectivity index (χ2v) is 6.87. The van der Waals surface area contributed by atoms with Gasteiger partial charge in [-0.25, -0.2) is 10.0 Å². The molecule has 0 saturated carbocycles. The van der Waals surface area contributed by atoms with Crippen LogP contribution in [0.4, 0.5) is 11.4 Å². The summed E-state index contributed by atoms with van der Waals surface area (Å²) in [6, 6.07) is 18.4. The molecule has 24 heavy (non-hydrogen) atoms. The van der Waals surface area contributed by atoms with Gasteiger partial charge in [-0.2, -0.15) is 0 Å². The topological polar surface area (TPSA) is 40.6 Å². The molecule has 1 aliphatic heterocycles. The predicted molar refractivity (Wildman–Crippen MR) is 102 cm³/mol. The Hall–Kier alpha value is -2.18. The van der Waals surface area contributed by atoms with Crippen LogP contribution in [-0.2, 0) is 9.59 Å². The van der Waals surface area contributed by atoms with Gasteiger partial charge in [0.2, 0.25) is 0 Å². The lowest BCUT2D eigenvalue weighted by Gasteiger charge is -2.27. The molecule has 0 spiro atoms. The Balaban J connectivity index is 2.19. The van der Waals surface area contributed by atoms with Crippen LogP contribution in [0.3, 0.4) is 0 Å². The minimum absolute atomic E-state index is 0.225. The van der Waals surface area contributed by atoms with Crippen LogP contribution in [0.5, 0.6) is 0 Å². The summed E-state index contributed by atoms with van der Waals surface area (Å²) in [6.07, 6.45) is 3.74. The third-order valence-corrected chi connectivity index (χ3v) is 5.74. The van der Waals surface area contributed by atoms with Gasteiger partial charge in [0.1, 0.15) is 5.57 Å². The van der Waals surface area contributed by atoms with Gasteiger partial charge in [-0.3, -0.25) is 9.59 Å². The van der Waals surface area contributed by atoms with E-state index in [1.807, 2.05) is 73.2 Å². The van der Waals surface area contributed by atoms with E-state index in [1.54, 1.807) is 0 Å². The Morgan fingerprint density at radius 1 is 0.708 bits per heavy atom. The van der Waals surface area contributed by atoms with Crippen molar-refractivity contribution in [3.63, 3.8) is 0 Å². The van der Waals surface area contributed by atoms with Crippen LogP contribution in [0.2, 0.25) is 0 Å². The van der Waals surface area contributed by atoms with Crippen molar-refractivity contribution >= 4 is 46.7 Å². The molecule has 1 heterocycles. The van der Waals surface area contributed by atoms with Crippen LogP contribution >= 0.6 is 23.5 Å². The molecule has 1 aliphatic rings. The molecule has 0 unspecified atom stereocenters. The number of nitrogens with zero attached hydrogens (tertiary/aromatic N) is 2. The van der Waals surface area contributed by atoms with Crippen molar-refractivity contribution in [2.24, 2.45) is 0 Å². The zero-order valence-corrected chi connectivity index (χ0v) is 14.9. The van der Waals surface area contributed by atoms with Crippen LogP contribution in [0.1, 0.15) is 0 Å². The van der Waals surface area contributed by atoms with Crippen molar-refractivity contribution in [3.8, 4) is 0 Å². The first kappa shape index (κ1) is 16.7. The van der Waals surface area contributed by atoms with E-state index in [4.69, 9.17) is 0 Å². The Bertz CT molecular complexity index is 726. The largest absolute Gasteiger partial charge is 0.284 e. The summed E-state index contributed by atoms with van der Waals surface area (Å²) < 4.78 is 0.726. The van der Waals surface area contributed by atoms with Crippen molar-refractivity contribution in [3.05, 3.63) is 70.5 Å². The average molecular weight is 356 g/mol. The molecule has 4 nitrogen and oxygen atoms in total. The molecule has 1 saturated heterocycles. The number of carbonyl (C=O) groups excluding carboxylic acids is 2. The number of rotatable bonds is 4. The van der Waals surface area contributed by atoms with E-state index in [-0.39, 0.29) is 17.4 Å². The Kier molecular flexibility index (Phi) is 4.97. The van der Waals surface area contributed by atoms with E-state index < -0.39 is 0 Å². The number of amides is 2. The molecule has 2 aromatic carbocycles. The zero-order chi connectivity index (χ0) is 17.1. The summed E-state index contributed by atoms with van der Waals surface area (Å²) in [6.45, 7) is 0. The maximum atomic E-state index is 13.0. The van der Waals surface area contributed by atoms with Gasteiger partial charge in [-0.1, -0.05) is 36.4 Å². The molecular weight excluding hydrogens is 340 g/mol. The summed E-state index contributed by atoms with van der Waals surface area (Å²) in [7, 11) is 0. The molecular formula is C18H16N2O2S2. The van der Waals surface area contributed by atoms with Gasteiger partial charge < -0.3 is 0 Å². The van der Waals surface area contributed by atoms with Crippen molar-refractivity contribution in [2.45, 2.75) is 0 Å². The van der Waals surface area contributed by atoms with Gasteiger partial charge in [0.15, 0.2) is 0 Å². The predicted octanol–water partition coefficient (Wildman–Crippen LogP) is 3.92. The van der Waals surface area contributed by atoms with Crippen molar-refractivity contribution < 1.29 is 9.59 Å². The molecule has 6 heteroatoms. The van der Waals surface area contributed by atoms with Crippen LogP contribution in [0.15, 0.2) is 70.5 Å². The minimum Gasteiger partial charge on any atom is -0.266 e. The molecule has 2 aromatic rings. The molecule has 0 atom stereocenters. The summed E-state index contributed by atoms with van der Waals surface area (Å²) in [4.78, 5) is 26.1. The number of hydrogen-bond acceptors (Lipinski definition) is 4. The number of carbonyl (C=O) groups is 2. The molecule has 1 fully saturated rings. The number of anilines is 2. The van der Waals surface area contributed by atoms with Gasteiger partial charge in [-0.05, 0) is 36.8 Å². The van der Waals surface area contributed by atoms with Gasteiger partial charge in [0.05, 0.1) is 15.6 Å². The molecule has 0 N–H and O–H groups in total. The first-order valence-electron chi connectivity index (χ1n) is 7.30. The first-order chi connectivity index (χ1) is 11.7. The van der Waals surface area contributed by atoms with E-state index in [0.29, 0.717) is 11.4 Å². The average Bonchev–Trinajstić information content (AvgIpc) is 2.89. The summed E-state index contributed by atoms with van der Waals surface area (Å²) in [5.41, 5.74) is 1.55. The fourth-order valence-corrected chi connectivity index (χ4v) is 3.98. The third-order valence-electron chi connectivity index (χ3n) is 3.59. The fourth-order valence-electron chi connectivity index (χ4n) is 2.55. The van der Waals surface area contributed by atoms with Gasteiger partial charge in [0.25, 0.3) is 11.8 Å². The van der Waals surface area contributed by atoms with Crippen molar-refractivity contribution in [1.82, 2.24) is 0 Å². The number of benzene rings is 2. The van der Waals surface area contributed by atoms with Gasteiger partial charge in [0, 0.05) is 0 Å². The second-order valence-electron chi connectivity index (χ2n) is 4.98. The number of hydrazine groups is 1. The highest BCUT2D eigenvalue weighted by atomic mass is 32.2. The van der Waals surface area contributed by atoms with Gasteiger partial charge in [-0.15, -0.1) is 23.5 Å². The second kappa shape index (κ2) is 7.15. The molecule has 0 aromatic heterocycles. The van der Waals surface area contributed by atoms with E-state index in [1.165, 1.54) is 33.5 Å². The monoisotopic (exact) mass is 356 g/mol. The number of thioether (sulfide) groups is 2. The molecule has 0 aliphatic carbocycles. The maximum absolute atomic E-state index is 13.0. The van der Waals surface area contributed by atoms with E-state index in [2.05, 4.69) is 0 Å². The van der Waals surface area contributed by atoms with Gasteiger partial charge >= 0.3 is 0 Å². The zero-order valence-electron chi connectivity index (χ0n) is 13.3. The fraction of sp³-hybridized carbons (Fsp3) is 0.111. The Labute approximate surface area is 149 Å². The molecule has 122 valence electrons. The summed E-state index contributed by atoms with van der Waals surface area (Å²) in [5.74, 6) is -0.595. The summed E-state index contributed by atoms with van der Waals surface area (Å²) >= 11 is 2.83. The number of para-hydroxylation sites is 2. The van der Waals surface area contributed by atoms with Crippen molar-refractivity contribution in [1.29, 1.82) is 0 Å². The van der Waals surface area contributed by atoms with E-state index in [9.17, 15) is 9.59 Å². The van der Waals surface area contributed by atoms with Crippen LogP contribution in [0.25, 0.3) is 0 Å². The SMILES string of the molecule is CSC(SC)=C1C(=O)N(c2ccccc2)N(c2ccccc2)C1=O. The Morgan fingerprint density at radius 2 is 1.08 bits per heavy atom. The van der Waals surface area contributed by atoms with Crippen molar-refractivity contribution in [2.75, 3.05) is 22.5 Å².